The van der Waals surface area contributed by atoms with Gasteiger partial charge in [-0.2, -0.15) is 0 Å². The molecule has 0 aliphatic heterocycles. The SMILES string of the molecule is Cc1nc2cc(CCNC(=O)CCc3ccc(F)cc3)ccc2o1. The molecule has 0 unspecified atom stereocenters. The molecule has 0 saturated carbocycles. The second-order valence-electron chi connectivity index (χ2n) is 5.76. The van der Waals surface area contributed by atoms with Crippen LogP contribution in [0.5, 0.6) is 0 Å². The largest absolute Gasteiger partial charge is 0.441 e. The zero-order valence-corrected chi connectivity index (χ0v) is 13.5. The number of amides is 1. The topological polar surface area (TPSA) is 55.1 Å². The van der Waals surface area contributed by atoms with E-state index in [1.54, 1.807) is 12.1 Å². The summed E-state index contributed by atoms with van der Waals surface area (Å²) < 4.78 is 18.3. The molecule has 0 saturated heterocycles. The Balaban J connectivity index is 1.44. The van der Waals surface area contributed by atoms with Gasteiger partial charge >= 0.3 is 0 Å². The molecule has 0 bridgehead atoms. The molecule has 0 radical (unpaired) electrons. The number of aromatic nitrogens is 1. The molecule has 3 aromatic rings. The van der Waals surface area contributed by atoms with Crippen molar-refractivity contribution in [2.24, 2.45) is 0 Å². The van der Waals surface area contributed by atoms with Gasteiger partial charge in [0.15, 0.2) is 11.5 Å². The molecule has 1 aromatic heterocycles. The number of halogens is 1. The fourth-order valence-electron chi connectivity index (χ4n) is 2.59. The molecule has 0 aliphatic carbocycles. The van der Waals surface area contributed by atoms with Gasteiger partial charge in [0, 0.05) is 19.9 Å². The maximum absolute atomic E-state index is 12.8. The van der Waals surface area contributed by atoms with Crippen LogP contribution in [0.4, 0.5) is 4.39 Å². The number of hydrogen-bond acceptors (Lipinski definition) is 3. The van der Waals surface area contributed by atoms with Crippen LogP contribution in [0.3, 0.4) is 0 Å². The van der Waals surface area contributed by atoms with Crippen molar-refractivity contribution in [3.63, 3.8) is 0 Å². The molecule has 0 aliphatic rings. The molecule has 124 valence electrons. The smallest absolute Gasteiger partial charge is 0.220 e. The van der Waals surface area contributed by atoms with Crippen LogP contribution in [-0.2, 0) is 17.6 Å². The first kappa shape index (κ1) is 16.2. The first-order chi connectivity index (χ1) is 11.6. The van der Waals surface area contributed by atoms with Crippen molar-refractivity contribution in [3.8, 4) is 0 Å². The van der Waals surface area contributed by atoms with E-state index in [-0.39, 0.29) is 11.7 Å². The molecular weight excluding hydrogens is 307 g/mol. The van der Waals surface area contributed by atoms with Gasteiger partial charge in [-0.3, -0.25) is 4.79 Å². The van der Waals surface area contributed by atoms with Crippen LogP contribution in [0.15, 0.2) is 46.9 Å². The third-order valence-corrected chi connectivity index (χ3v) is 3.85. The van der Waals surface area contributed by atoms with Crippen molar-refractivity contribution in [1.29, 1.82) is 0 Å². The van der Waals surface area contributed by atoms with Crippen molar-refractivity contribution in [2.75, 3.05) is 6.54 Å². The molecule has 24 heavy (non-hydrogen) atoms. The van der Waals surface area contributed by atoms with Gasteiger partial charge in [-0.1, -0.05) is 18.2 Å². The van der Waals surface area contributed by atoms with Crippen molar-refractivity contribution < 1.29 is 13.6 Å². The van der Waals surface area contributed by atoms with Gasteiger partial charge in [-0.15, -0.1) is 0 Å². The van der Waals surface area contributed by atoms with Crippen LogP contribution in [0.25, 0.3) is 11.1 Å². The summed E-state index contributed by atoms with van der Waals surface area (Å²) >= 11 is 0. The summed E-state index contributed by atoms with van der Waals surface area (Å²) in [5.74, 6) is 0.386. The Morgan fingerprint density at radius 3 is 2.67 bits per heavy atom. The Morgan fingerprint density at radius 1 is 1.12 bits per heavy atom. The standard InChI is InChI=1S/C19H19FN2O2/c1-13-22-17-12-15(4-8-18(17)24-13)10-11-21-19(23)9-5-14-2-6-16(20)7-3-14/h2-4,6-8,12H,5,9-11H2,1H3,(H,21,23). The average molecular weight is 326 g/mol. The molecule has 1 N–H and O–H groups in total. The lowest BCUT2D eigenvalue weighted by atomic mass is 10.1. The second-order valence-corrected chi connectivity index (χ2v) is 5.76. The lowest BCUT2D eigenvalue weighted by molar-refractivity contribution is -0.121. The summed E-state index contributed by atoms with van der Waals surface area (Å²) in [6, 6.07) is 12.1. The van der Waals surface area contributed by atoms with E-state index in [0.29, 0.717) is 25.3 Å². The number of nitrogens with zero attached hydrogens (tertiary/aromatic N) is 1. The summed E-state index contributed by atoms with van der Waals surface area (Å²) in [5, 5.41) is 2.91. The lowest BCUT2D eigenvalue weighted by Gasteiger charge is -2.06. The summed E-state index contributed by atoms with van der Waals surface area (Å²) in [4.78, 5) is 16.2. The Morgan fingerprint density at radius 2 is 1.88 bits per heavy atom. The number of oxazole rings is 1. The van der Waals surface area contributed by atoms with Crippen molar-refractivity contribution in [2.45, 2.75) is 26.2 Å². The maximum atomic E-state index is 12.8. The number of carbonyl (C=O) groups excluding carboxylic acids is 1. The number of benzene rings is 2. The first-order valence-corrected chi connectivity index (χ1v) is 7.97. The van der Waals surface area contributed by atoms with Crippen molar-refractivity contribution >= 4 is 17.0 Å². The Labute approximate surface area is 139 Å². The number of nitrogens with one attached hydrogen (secondary N) is 1. The fourth-order valence-corrected chi connectivity index (χ4v) is 2.59. The van der Waals surface area contributed by atoms with Gasteiger partial charge in [-0.25, -0.2) is 9.37 Å². The number of aryl methyl sites for hydroxylation is 2. The number of rotatable bonds is 6. The molecule has 5 heteroatoms. The normalized spacial score (nSPS) is 10.9. The molecule has 4 nitrogen and oxygen atoms in total. The quantitative estimate of drug-likeness (QED) is 0.753. The summed E-state index contributed by atoms with van der Waals surface area (Å²) in [6.45, 7) is 2.39. The van der Waals surface area contributed by atoms with Gasteiger partial charge in [0.1, 0.15) is 11.3 Å². The van der Waals surface area contributed by atoms with E-state index in [1.807, 2.05) is 25.1 Å². The molecular formula is C19H19FN2O2. The van der Waals surface area contributed by atoms with Crippen molar-refractivity contribution in [3.05, 3.63) is 65.3 Å². The minimum Gasteiger partial charge on any atom is -0.441 e. The van der Waals surface area contributed by atoms with E-state index in [1.165, 1.54) is 12.1 Å². The highest BCUT2D eigenvalue weighted by Crippen LogP contribution is 2.16. The zero-order valence-electron chi connectivity index (χ0n) is 13.5. The summed E-state index contributed by atoms with van der Waals surface area (Å²) in [7, 11) is 0. The molecule has 0 atom stereocenters. The molecule has 0 fully saturated rings. The highest BCUT2D eigenvalue weighted by atomic mass is 19.1. The Hall–Kier alpha value is -2.69. The average Bonchev–Trinajstić information content (AvgIpc) is 2.93. The van der Waals surface area contributed by atoms with E-state index in [0.717, 1.165) is 28.6 Å². The van der Waals surface area contributed by atoms with E-state index in [9.17, 15) is 9.18 Å². The van der Waals surface area contributed by atoms with Gasteiger partial charge in [0.05, 0.1) is 0 Å². The third-order valence-electron chi connectivity index (χ3n) is 3.85. The second kappa shape index (κ2) is 7.25. The zero-order chi connectivity index (χ0) is 16.9. The number of carbonyl (C=O) groups is 1. The van der Waals surface area contributed by atoms with Crippen LogP contribution in [-0.4, -0.2) is 17.4 Å². The third kappa shape index (κ3) is 4.19. The molecule has 1 amide bonds. The predicted octanol–water partition coefficient (Wildman–Crippen LogP) is 3.57. The van der Waals surface area contributed by atoms with Gasteiger partial charge in [0.2, 0.25) is 5.91 Å². The maximum Gasteiger partial charge on any atom is 0.220 e. The van der Waals surface area contributed by atoms with Crippen LogP contribution in [0, 0.1) is 12.7 Å². The Kier molecular flexibility index (Phi) is 4.89. The van der Waals surface area contributed by atoms with Crippen LogP contribution in [0.1, 0.15) is 23.4 Å². The molecule has 2 aromatic carbocycles. The van der Waals surface area contributed by atoms with Crippen LogP contribution >= 0.6 is 0 Å². The number of hydrogen-bond donors (Lipinski definition) is 1. The van der Waals surface area contributed by atoms with Gasteiger partial charge < -0.3 is 9.73 Å². The molecule has 0 spiro atoms. The van der Waals surface area contributed by atoms with E-state index in [2.05, 4.69) is 10.3 Å². The Bertz CT molecular complexity index is 840. The van der Waals surface area contributed by atoms with Gasteiger partial charge in [0.25, 0.3) is 0 Å². The van der Waals surface area contributed by atoms with Crippen LogP contribution < -0.4 is 5.32 Å². The van der Waals surface area contributed by atoms with Crippen molar-refractivity contribution in [1.82, 2.24) is 10.3 Å². The highest BCUT2D eigenvalue weighted by Gasteiger charge is 2.05. The van der Waals surface area contributed by atoms with Gasteiger partial charge in [-0.05, 0) is 48.2 Å². The highest BCUT2D eigenvalue weighted by molar-refractivity contribution is 5.76. The van der Waals surface area contributed by atoms with E-state index in [4.69, 9.17) is 4.42 Å². The van der Waals surface area contributed by atoms with Crippen LogP contribution in [0.2, 0.25) is 0 Å². The minimum atomic E-state index is -0.262. The van der Waals surface area contributed by atoms with E-state index >= 15 is 0 Å². The summed E-state index contributed by atoms with van der Waals surface area (Å²) in [6.07, 6.45) is 1.74. The minimum absolute atomic E-state index is 0.00214. The molecule has 1 heterocycles. The predicted molar refractivity (Wildman–Crippen MR) is 90.2 cm³/mol. The molecule has 3 rings (SSSR count). The van der Waals surface area contributed by atoms with E-state index < -0.39 is 0 Å². The monoisotopic (exact) mass is 326 g/mol. The number of fused-ring (bicyclic) bond motifs is 1. The first-order valence-electron chi connectivity index (χ1n) is 7.97. The lowest BCUT2D eigenvalue weighted by Crippen LogP contribution is -2.25. The fraction of sp³-hybridized carbons (Fsp3) is 0.263. The summed E-state index contributed by atoms with van der Waals surface area (Å²) in [5.41, 5.74) is 3.68.